The van der Waals surface area contributed by atoms with Crippen molar-refractivity contribution in [2.45, 2.75) is 70.6 Å². The second-order valence-corrected chi connectivity index (χ2v) is 6.26. The summed E-state index contributed by atoms with van der Waals surface area (Å²) in [6, 6.07) is 3.87. The van der Waals surface area contributed by atoms with Crippen LogP contribution in [-0.2, 0) is 4.74 Å². The predicted molar refractivity (Wildman–Crippen MR) is 78.0 cm³/mol. The molecule has 1 fully saturated rings. The summed E-state index contributed by atoms with van der Waals surface area (Å²) in [7, 11) is 1.75. The van der Waals surface area contributed by atoms with Gasteiger partial charge in [-0.05, 0) is 47.0 Å². The molecule has 1 N–H and O–H groups in total. The summed E-state index contributed by atoms with van der Waals surface area (Å²) < 4.78 is 5.20. The highest BCUT2D eigenvalue weighted by Crippen LogP contribution is 2.30. The van der Waals surface area contributed by atoms with E-state index in [-0.39, 0.29) is 0 Å². The molecule has 0 heterocycles. The van der Waals surface area contributed by atoms with Crippen LogP contribution in [0.5, 0.6) is 0 Å². The zero-order valence-electron chi connectivity index (χ0n) is 13.1. The highest BCUT2D eigenvalue weighted by Gasteiger charge is 2.35. The summed E-state index contributed by atoms with van der Waals surface area (Å²) in [4.78, 5) is 2.50. The minimum atomic E-state index is -0.451. The van der Waals surface area contributed by atoms with E-state index >= 15 is 0 Å². The van der Waals surface area contributed by atoms with Gasteiger partial charge in [-0.2, -0.15) is 5.26 Å². The molecular formula is C15H29N3O. The molecule has 0 aromatic heterocycles. The van der Waals surface area contributed by atoms with Crippen LogP contribution in [0.2, 0.25) is 0 Å². The van der Waals surface area contributed by atoms with Crippen LogP contribution in [0, 0.1) is 11.3 Å². The largest absolute Gasteiger partial charge is 0.383 e. The van der Waals surface area contributed by atoms with Gasteiger partial charge in [-0.3, -0.25) is 10.2 Å². The van der Waals surface area contributed by atoms with Crippen LogP contribution in [0.15, 0.2) is 0 Å². The topological polar surface area (TPSA) is 48.3 Å². The van der Waals surface area contributed by atoms with E-state index in [0.717, 1.165) is 19.6 Å². The van der Waals surface area contributed by atoms with Gasteiger partial charge in [0.1, 0.15) is 5.54 Å². The molecule has 0 spiro atoms. The number of hydrogen-bond acceptors (Lipinski definition) is 4. The maximum absolute atomic E-state index is 9.44. The Bertz CT molecular complexity index is 309. The molecule has 4 nitrogen and oxygen atoms in total. The van der Waals surface area contributed by atoms with Gasteiger partial charge in [0, 0.05) is 31.8 Å². The van der Waals surface area contributed by atoms with Gasteiger partial charge in [0.25, 0.3) is 0 Å². The number of nitrogens with one attached hydrogen (secondary N) is 1. The molecule has 4 heteroatoms. The molecule has 0 saturated heterocycles. The number of nitriles is 1. The molecule has 0 aromatic rings. The fourth-order valence-electron chi connectivity index (χ4n) is 2.85. The van der Waals surface area contributed by atoms with Crippen molar-refractivity contribution in [3.05, 3.63) is 0 Å². The van der Waals surface area contributed by atoms with Gasteiger partial charge in [0.2, 0.25) is 0 Å². The summed E-state index contributed by atoms with van der Waals surface area (Å²) in [6.45, 7) is 10.1. The summed E-state index contributed by atoms with van der Waals surface area (Å²) in [5, 5.41) is 12.8. The predicted octanol–water partition coefficient (Wildman–Crippen LogP) is 2.16. The summed E-state index contributed by atoms with van der Waals surface area (Å²) in [5.41, 5.74) is -0.451. The normalized spacial score (nSPS) is 20.3. The Balaban J connectivity index is 2.58. The lowest BCUT2D eigenvalue weighted by molar-refractivity contribution is 0.106. The number of nitrogens with zero attached hydrogens (tertiary/aromatic N) is 2. The van der Waals surface area contributed by atoms with Crippen LogP contribution in [0.25, 0.3) is 0 Å². The minimum absolute atomic E-state index is 0.324. The third-order valence-electron chi connectivity index (χ3n) is 3.69. The lowest BCUT2D eigenvalue weighted by atomic mass is 9.93. The molecule has 0 bridgehead atoms. The molecule has 1 aliphatic rings. The zero-order valence-corrected chi connectivity index (χ0v) is 13.1. The Morgan fingerprint density at radius 1 is 1.42 bits per heavy atom. The molecular weight excluding hydrogens is 238 g/mol. The fourth-order valence-corrected chi connectivity index (χ4v) is 2.85. The number of ether oxygens (including phenoxy) is 1. The van der Waals surface area contributed by atoms with Crippen molar-refractivity contribution in [2.24, 2.45) is 0 Å². The zero-order chi connectivity index (χ0) is 14.5. The van der Waals surface area contributed by atoms with E-state index in [1.807, 2.05) is 6.92 Å². The van der Waals surface area contributed by atoms with Crippen molar-refractivity contribution in [2.75, 3.05) is 20.3 Å². The van der Waals surface area contributed by atoms with Gasteiger partial charge in [-0.1, -0.05) is 0 Å². The van der Waals surface area contributed by atoms with Crippen molar-refractivity contribution in [3.63, 3.8) is 0 Å². The van der Waals surface area contributed by atoms with Crippen molar-refractivity contribution < 1.29 is 4.74 Å². The Morgan fingerprint density at radius 3 is 2.47 bits per heavy atom. The van der Waals surface area contributed by atoms with Crippen LogP contribution in [0.3, 0.4) is 0 Å². The van der Waals surface area contributed by atoms with Crippen LogP contribution < -0.4 is 5.32 Å². The third kappa shape index (κ3) is 5.48. The van der Waals surface area contributed by atoms with E-state index in [0.29, 0.717) is 18.1 Å². The average molecular weight is 267 g/mol. The monoisotopic (exact) mass is 267 g/mol. The maximum atomic E-state index is 9.44. The standard InChI is InChI=1S/C15H29N3O/c1-12(2)17-15(4,11-16)10-13(3)18(8-9-19-5)14-6-7-14/h12-14,17H,6-10H2,1-5H3. The van der Waals surface area contributed by atoms with Crippen LogP contribution in [-0.4, -0.2) is 48.8 Å². The Morgan fingerprint density at radius 2 is 2.05 bits per heavy atom. The molecule has 19 heavy (non-hydrogen) atoms. The molecule has 0 aromatic carbocycles. The third-order valence-corrected chi connectivity index (χ3v) is 3.69. The quantitative estimate of drug-likeness (QED) is 0.695. The second kappa shape index (κ2) is 7.23. The van der Waals surface area contributed by atoms with E-state index in [1.54, 1.807) is 7.11 Å². The Hall–Kier alpha value is -0.630. The first-order valence-corrected chi connectivity index (χ1v) is 7.35. The molecule has 0 radical (unpaired) electrons. The van der Waals surface area contributed by atoms with Crippen LogP contribution in [0.1, 0.15) is 47.0 Å². The number of rotatable bonds is 9. The fraction of sp³-hybridized carbons (Fsp3) is 0.933. The first-order chi connectivity index (χ1) is 8.91. The SMILES string of the molecule is COCCN(C(C)CC(C)(C#N)NC(C)C)C1CC1. The Labute approximate surface area is 118 Å². The van der Waals surface area contributed by atoms with E-state index in [1.165, 1.54) is 12.8 Å². The summed E-state index contributed by atoms with van der Waals surface area (Å²) >= 11 is 0. The van der Waals surface area contributed by atoms with E-state index in [4.69, 9.17) is 4.74 Å². The van der Waals surface area contributed by atoms with E-state index < -0.39 is 5.54 Å². The molecule has 1 saturated carbocycles. The molecule has 2 atom stereocenters. The van der Waals surface area contributed by atoms with Crippen molar-refractivity contribution in [1.29, 1.82) is 5.26 Å². The van der Waals surface area contributed by atoms with Gasteiger partial charge in [-0.15, -0.1) is 0 Å². The van der Waals surface area contributed by atoms with Gasteiger partial charge in [-0.25, -0.2) is 0 Å². The molecule has 1 rings (SSSR count). The van der Waals surface area contributed by atoms with Crippen molar-refractivity contribution in [3.8, 4) is 6.07 Å². The minimum Gasteiger partial charge on any atom is -0.383 e. The summed E-state index contributed by atoms with van der Waals surface area (Å²) in [6.07, 6.45) is 3.42. The van der Waals surface area contributed by atoms with Crippen LogP contribution in [0.4, 0.5) is 0 Å². The van der Waals surface area contributed by atoms with E-state index in [9.17, 15) is 5.26 Å². The summed E-state index contributed by atoms with van der Waals surface area (Å²) in [5.74, 6) is 0. The smallest absolute Gasteiger partial charge is 0.105 e. The molecule has 2 unspecified atom stereocenters. The maximum Gasteiger partial charge on any atom is 0.105 e. The molecule has 1 aliphatic carbocycles. The van der Waals surface area contributed by atoms with E-state index in [2.05, 4.69) is 37.1 Å². The number of hydrogen-bond donors (Lipinski definition) is 1. The highest BCUT2D eigenvalue weighted by atomic mass is 16.5. The second-order valence-electron chi connectivity index (χ2n) is 6.26. The average Bonchev–Trinajstić information content (AvgIpc) is 3.12. The number of methoxy groups -OCH3 is 1. The van der Waals surface area contributed by atoms with Gasteiger partial charge in [0.05, 0.1) is 12.7 Å². The Kier molecular flexibility index (Phi) is 6.25. The van der Waals surface area contributed by atoms with Crippen molar-refractivity contribution in [1.82, 2.24) is 10.2 Å². The van der Waals surface area contributed by atoms with Gasteiger partial charge >= 0.3 is 0 Å². The lowest BCUT2D eigenvalue weighted by Gasteiger charge is -2.35. The van der Waals surface area contributed by atoms with Gasteiger partial charge < -0.3 is 4.74 Å². The van der Waals surface area contributed by atoms with Crippen molar-refractivity contribution >= 4 is 0 Å². The molecule has 0 amide bonds. The first-order valence-electron chi connectivity index (χ1n) is 7.35. The lowest BCUT2D eigenvalue weighted by Crippen LogP contribution is -2.50. The first kappa shape index (κ1) is 16.4. The van der Waals surface area contributed by atoms with Gasteiger partial charge in [0.15, 0.2) is 0 Å². The highest BCUT2D eigenvalue weighted by molar-refractivity contribution is 5.06. The molecule has 0 aliphatic heterocycles. The van der Waals surface area contributed by atoms with Crippen LogP contribution >= 0.6 is 0 Å². The molecule has 110 valence electrons.